The molecule has 0 aromatic heterocycles. The Bertz CT molecular complexity index is 6.85. The average Bonchev–Trinajstić information content (AvgIpc) is 1.00. The molecular weight excluding hydrogens is 280 g/mol. The lowest BCUT2D eigenvalue weighted by molar-refractivity contribution is 2.40. The highest BCUT2D eigenvalue weighted by atomic mass is 79.9. The monoisotopic (exact) mass is 286 g/mol. The molecule has 0 heterocycles. The Morgan fingerprint density at radius 1 is 0.800 bits per heavy atom. The van der Waals surface area contributed by atoms with Gasteiger partial charge in [-0.1, -0.05) is 6.55 Å². The molecule has 0 amide bonds. The Hall–Kier alpha value is 1.66. The van der Waals surface area contributed by atoms with E-state index in [1.165, 1.54) is 10.2 Å². The maximum absolute atomic E-state index is 2.14. The van der Waals surface area contributed by atoms with Crippen LogP contribution in [0, 0.1) is 0 Å². The van der Waals surface area contributed by atoms with E-state index in [0.717, 1.165) is 0 Å². The summed E-state index contributed by atoms with van der Waals surface area (Å²) in [7, 11) is 1.31. The first-order valence-corrected chi connectivity index (χ1v) is 3.00. The molecule has 4 heteroatoms. The highest BCUT2D eigenvalue weighted by Crippen LogP contribution is 0.960. The standard InChI is InChI=1S/CH6Si.3BrH/c1-2;;;/h1-2H3;3*1H. The second kappa shape index (κ2) is 44.7. The summed E-state index contributed by atoms with van der Waals surface area (Å²) < 4.78 is 0. The highest BCUT2D eigenvalue weighted by Gasteiger charge is 0.962. The van der Waals surface area contributed by atoms with Crippen LogP contribution in [0.15, 0.2) is 0 Å². The molecule has 0 unspecified atom stereocenters. The van der Waals surface area contributed by atoms with Crippen molar-refractivity contribution in [1.29, 1.82) is 0 Å². The fraction of sp³-hybridized carbons (Fsp3) is 1.00. The summed E-state index contributed by atoms with van der Waals surface area (Å²) >= 11 is 0. The molecular formula is CH9Br3Si. The van der Waals surface area contributed by atoms with E-state index in [0.29, 0.717) is 0 Å². The molecule has 0 saturated carbocycles. The van der Waals surface area contributed by atoms with Gasteiger partial charge < -0.3 is 0 Å². The fourth-order valence-electron chi connectivity index (χ4n) is 0. The number of halogens is 3. The summed E-state index contributed by atoms with van der Waals surface area (Å²) in [6, 6.07) is 0. The largest absolute Gasteiger partial charge is 0.114 e. The van der Waals surface area contributed by atoms with E-state index >= 15 is 0 Å². The molecule has 5 heavy (non-hydrogen) atoms. The molecule has 0 aliphatic carbocycles. The molecule has 0 aliphatic rings. The molecule has 0 bridgehead atoms. The van der Waals surface area contributed by atoms with E-state index in [1.807, 2.05) is 0 Å². The second-order valence-electron chi connectivity index (χ2n) is 0. The van der Waals surface area contributed by atoms with Gasteiger partial charge in [-0.2, -0.15) is 0 Å². The van der Waals surface area contributed by atoms with E-state index in [2.05, 4.69) is 6.55 Å². The first kappa shape index (κ1) is 30.2. The summed E-state index contributed by atoms with van der Waals surface area (Å²) in [5.41, 5.74) is 0. The van der Waals surface area contributed by atoms with Gasteiger partial charge in [0.2, 0.25) is 0 Å². The van der Waals surface area contributed by atoms with Crippen LogP contribution < -0.4 is 0 Å². The van der Waals surface area contributed by atoms with Crippen molar-refractivity contribution in [2.24, 2.45) is 0 Å². The fourth-order valence-corrected chi connectivity index (χ4v) is 0. The van der Waals surface area contributed by atoms with Gasteiger partial charge in [-0.3, -0.25) is 0 Å². The molecule has 0 rings (SSSR count). The quantitative estimate of drug-likeness (QED) is 0.587. The van der Waals surface area contributed by atoms with Crippen LogP contribution in [0.4, 0.5) is 0 Å². The first-order chi connectivity index (χ1) is 1.00. The number of hydrogen-bond donors (Lipinski definition) is 0. The van der Waals surface area contributed by atoms with Gasteiger partial charge in [-0.15, -0.1) is 50.9 Å². The van der Waals surface area contributed by atoms with Gasteiger partial charge in [0.05, 0.1) is 0 Å². The van der Waals surface area contributed by atoms with Gasteiger partial charge in [-0.05, 0) is 10.2 Å². The SMILES string of the molecule is Br.Br.Br.C[SiH3]. The Morgan fingerprint density at radius 3 is 0.800 bits per heavy atom. The maximum Gasteiger partial charge on any atom is -0.000585 e. The van der Waals surface area contributed by atoms with Crippen molar-refractivity contribution in [3.63, 3.8) is 0 Å². The van der Waals surface area contributed by atoms with Crippen molar-refractivity contribution in [2.45, 2.75) is 6.55 Å². The van der Waals surface area contributed by atoms with Crippen LogP contribution in [-0.4, -0.2) is 10.2 Å². The van der Waals surface area contributed by atoms with Crippen molar-refractivity contribution >= 4 is 61.2 Å². The molecule has 0 aromatic carbocycles. The molecule has 0 N–H and O–H groups in total. The summed E-state index contributed by atoms with van der Waals surface area (Å²) in [6.45, 7) is 2.14. The summed E-state index contributed by atoms with van der Waals surface area (Å²) in [5.74, 6) is 0. The maximum atomic E-state index is 2.14. The molecule has 0 atom stereocenters. The minimum Gasteiger partial charge on any atom is -0.114 e. The zero-order chi connectivity index (χ0) is 2.00. The van der Waals surface area contributed by atoms with Crippen LogP contribution in [0.5, 0.6) is 0 Å². The van der Waals surface area contributed by atoms with Gasteiger partial charge in [0.1, 0.15) is 0 Å². The third-order valence-corrected chi connectivity index (χ3v) is 0. The minimum absolute atomic E-state index is 0. The molecule has 0 saturated heterocycles. The van der Waals surface area contributed by atoms with Crippen LogP contribution in [-0.2, 0) is 0 Å². The molecule has 0 radical (unpaired) electrons. The van der Waals surface area contributed by atoms with Crippen LogP contribution in [0.1, 0.15) is 0 Å². The normalized spacial score (nSPS) is 1.80. The Balaban J connectivity index is -0.00000000167. The van der Waals surface area contributed by atoms with Crippen molar-refractivity contribution in [3.05, 3.63) is 0 Å². The van der Waals surface area contributed by atoms with Gasteiger partial charge in [0, 0.05) is 0 Å². The van der Waals surface area contributed by atoms with Gasteiger partial charge >= 0.3 is 0 Å². The lowest BCUT2D eigenvalue weighted by atomic mass is 11.9. The predicted molar refractivity (Wildman–Crippen MR) is 46.8 cm³/mol. The van der Waals surface area contributed by atoms with Crippen LogP contribution in [0.25, 0.3) is 0 Å². The Labute approximate surface area is 67.4 Å². The first-order valence-electron chi connectivity index (χ1n) is 1.00. The van der Waals surface area contributed by atoms with Crippen LogP contribution in [0.2, 0.25) is 6.55 Å². The summed E-state index contributed by atoms with van der Waals surface area (Å²) in [5, 5.41) is 0. The minimum atomic E-state index is 0. The van der Waals surface area contributed by atoms with Gasteiger partial charge in [0.15, 0.2) is 0 Å². The average molecular weight is 289 g/mol. The van der Waals surface area contributed by atoms with Gasteiger partial charge in [0.25, 0.3) is 0 Å². The Kier molecular flexibility index (Phi) is 270. The lowest BCUT2D eigenvalue weighted by Crippen LogP contribution is -1.13. The van der Waals surface area contributed by atoms with Crippen LogP contribution in [0.3, 0.4) is 0 Å². The highest BCUT2D eigenvalue weighted by molar-refractivity contribution is 8.93. The zero-order valence-corrected chi connectivity index (χ0v) is 10.4. The predicted octanol–water partition coefficient (Wildman–Crippen LogP) is 1.13. The Morgan fingerprint density at radius 2 is 0.800 bits per heavy atom. The van der Waals surface area contributed by atoms with Crippen molar-refractivity contribution in [1.82, 2.24) is 0 Å². The smallest absolute Gasteiger partial charge is 0.000585 e. The molecule has 0 spiro atoms. The van der Waals surface area contributed by atoms with E-state index < -0.39 is 0 Å². The van der Waals surface area contributed by atoms with Crippen molar-refractivity contribution < 1.29 is 0 Å². The molecule has 0 aromatic rings. The van der Waals surface area contributed by atoms with Crippen molar-refractivity contribution in [2.75, 3.05) is 0 Å². The molecule has 38 valence electrons. The number of rotatable bonds is 0. The van der Waals surface area contributed by atoms with E-state index in [1.54, 1.807) is 0 Å². The van der Waals surface area contributed by atoms with Crippen LogP contribution >= 0.6 is 50.9 Å². The summed E-state index contributed by atoms with van der Waals surface area (Å²) in [4.78, 5) is 0. The molecule has 0 nitrogen and oxygen atoms in total. The zero-order valence-electron chi connectivity index (χ0n) is 3.22. The van der Waals surface area contributed by atoms with E-state index in [4.69, 9.17) is 0 Å². The topological polar surface area (TPSA) is 0 Å². The molecule has 0 fully saturated rings. The summed E-state index contributed by atoms with van der Waals surface area (Å²) in [6.07, 6.45) is 0. The third-order valence-electron chi connectivity index (χ3n) is 0. The second-order valence-corrected chi connectivity index (χ2v) is 0. The lowest BCUT2D eigenvalue weighted by Gasteiger charge is -1.04. The number of hydrogen-bond acceptors (Lipinski definition) is 0. The van der Waals surface area contributed by atoms with E-state index in [9.17, 15) is 0 Å². The van der Waals surface area contributed by atoms with E-state index in [-0.39, 0.29) is 50.9 Å². The van der Waals surface area contributed by atoms with Gasteiger partial charge in [-0.25, -0.2) is 0 Å². The third kappa shape index (κ3) is 27.6. The van der Waals surface area contributed by atoms with Crippen molar-refractivity contribution in [3.8, 4) is 0 Å². The molecule has 0 aliphatic heterocycles.